The zero-order valence-corrected chi connectivity index (χ0v) is 18.0. The van der Waals surface area contributed by atoms with Crippen molar-refractivity contribution in [3.63, 3.8) is 0 Å². The summed E-state index contributed by atoms with van der Waals surface area (Å²) in [6, 6.07) is 5.10. The van der Waals surface area contributed by atoms with E-state index in [1.165, 1.54) is 24.3 Å². The van der Waals surface area contributed by atoms with Crippen LogP contribution >= 0.6 is 0 Å². The summed E-state index contributed by atoms with van der Waals surface area (Å²) >= 11 is 0. The van der Waals surface area contributed by atoms with Crippen molar-refractivity contribution in [2.75, 3.05) is 24.7 Å². The van der Waals surface area contributed by atoms with Crippen molar-refractivity contribution in [2.45, 2.75) is 25.2 Å². The van der Waals surface area contributed by atoms with E-state index in [0.29, 0.717) is 0 Å². The van der Waals surface area contributed by atoms with Gasteiger partial charge in [0.15, 0.2) is 24.8 Å². The highest BCUT2D eigenvalue weighted by Gasteiger charge is 2.53. The second-order valence-corrected chi connectivity index (χ2v) is 10.6. The van der Waals surface area contributed by atoms with Crippen LogP contribution in [0.3, 0.4) is 0 Å². The van der Waals surface area contributed by atoms with E-state index in [0.717, 1.165) is 0 Å². The molecule has 1 aromatic rings. The Morgan fingerprint density at radius 1 is 0.697 bits per heavy atom. The first kappa shape index (κ1) is 27.2. The van der Waals surface area contributed by atoms with E-state index >= 15 is 0 Å². The molecule has 0 radical (unpaired) electrons. The van der Waals surface area contributed by atoms with Gasteiger partial charge in [-0.1, -0.05) is 24.3 Å². The minimum Gasteiger partial charge on any atom is -0.293 e. The molecule has 0 fully saturated rings. The zero-order valence-electron chi connectivity index (χ0n) is 16.4. The molecule has 0 saturated carbocycles. The summed E-state index contributed by atoms with van der Waals surface area (Å²) in [5, 5.41) is 0. The summed E-state index contributed by atoms with van der Waals surface area (Å²) < 4.78 is 129. The van der Waals surface area contributed by atoms with E-state index in [2.05, 4.69) is 8.37 Å². The fourth-order valence-corrected chi connectivity index (χ4v) is 5.17. The van der Waals surface area contributed by atoms with Gasteiger partial charge in [0.25, 0.3) is 20.2 Å². The monoisotopic (exact) mass is 526 g/mol. The lowest BCUT2D eigenvalue weighted by Crippen LogP contribution is -2.38. The van der Waals surface area contributed by atoms with Gasteiger partial charge in [-0.25, -0.2) is 0 Å². The van der Waals surface area contributed by atoms with Gasteiger partial charge in [0.1, 0.15) is 0 Å². The van der Waals surface area contributed by atoms with E-state index in [9.17, 15) is 52.8 Å². The number of alkyl halides is 6. The Kier molecular flexibility index (Phi) is 7.67. The average molecular weight is 526 g/mol. The lowest BCUT2D eigenvalue weighted by molar-refractivity contribution is -0.153. The summed E-state index contributed by atoms with van der Waals surface area (Å²) in [5.74, 6) is -4.56. The zero-order chi connectivity index (χ0) is 25.3. The molecule has 0 aliphatic heterocycles. The molecule has 0 heterocycles. The number of Topliss-reactive ketones (excluding diaryl/α,β-unsaturated/α-hetero) is 2. The second-order valence-electron chi connectivity index (χ2n) is 7.06. The molecule has 0 aromatic heterocycles. The summed E-state index contributed by atoms with van der Waals surface area (Å²) in [7, 11) is -9.82. The number of rotatable bonds is 10. The SMILES string of the molecule is O=C1c2ccccc2C(=O)C1(CCS(=O)(=O)OCC(F)(F)F)CCS(=O)(=O)OCC(F)(F)F. The Morgan fingerprint density at radius 2 is 1.03 bits per heavy atom. The number of fused-ring (bicyclic) bond motifs is 1. The molecule has 0 N–H and O–H groups in total. The molecule has 0 bridgehead atoms. The lowest BCUT2D eigenvalue weighted by atomic mass is 9.77. The molecule has 1 aliphatic carbocycles. The molecule has 16 heteroatoms. The molecule has 8 nitrogen and oxygen atoms in total. The van der Waals surface area contributed by atoms with Crippen molar-refractivity contribution in [1.29, 1.82) is 0 Å². The maximum absolute atomic E-state index is 12.9. The third-order valence-corrected chi connectivity index (χ3v) is 7.01. The normalized spacial score (nSPS) is 16.8. The Balaban J connectivity index is 2.29. The summed E-state index contributed by atoms with van der Waals surface area (Å²) in [5.41, 5.74) is -2.75. The fraction of sp³-hybridized carbons (Fsp3) is 0.529. The first-order valence-electron chi connectivity index (χ1n) is 8.94. The molecule has 0 unspecified atom stereocenters. The number of carbonyl (C=O) groups is 2. The molecule has 0 amide bonds. The van der Waals surface area contributed by atoms with Crippen LogP contribution in [-0.4, -0.2) is 65.5 Å². The lowest BCUT2D eigenvalue weighted by Gasteiger charge is -2.25. The fourth-order valence-electron chi connectivity index (χ4n) is 3.11. The van der Waals surface area contributed by atoms with Gasteiger partial charge in [0, 0.05) is 11.1 Å². The molecule has 2 rings (SSSR count). The first-order valence-corrected chi connectivity index (χ1v) is 12.1. The number of carbonyl (C=O) groups excluding carboxylic acids is 2. The van der Waals surface area contributed by atoms with Crippen LogP contribution in [0.15, 0.2) is 24.3 Å². The Morgan fingerprint density at radius 3 is 1.33 bits per heavy atom. The molecule has 0 atom stereocenters. The van der Waals surface area contributed by atoms with Gasteiger partial charge in [-0.3, -0.25) is 18.0 Å². The molecule has 186 valence electrons. The average Bonchev–Trinajstić information content (AvgIpc) is 2.90. The minimum absolute atomic E-state index is 0.190. The number of benzene rings is 1. The van der Waals surface area contributed by atoms with Crippen LogP contribution in [0.25, 0.3) is 0 Å². The highest BCUT2D eigenvalue weighted by Crippen LogP contribution is 2.43. The van der Waals surface area contributed by atoms with Crippen molar-refractivity contribution in [3.8, 4) is 0 Å². The minimum atomic E-state index is -5.00. The number of halogens is 6. The molecule has 1 aliphatic rings. The van der Waals surface area contributed by atoms with Gasteiger partial charge in [-0.05, 0) is 12.8 Å². The van der Waals surface area contributed by atoms with E-state index in [1.807, 2.05) is 0 Å². The van der Waals surface area contributed by atoms with Gasteiger partial charge in [-0.2, -0.15) is 43.2 Å². The van der Waals surface area contributed by atoms with E-state index < -0.39 is 87.1 Å². The van der Waals surface area contributed by atoms with E-state index in [-0.39, 0.29) is 11.1 Å². The third-order valence-electron chi connectivity index (χ3n) is 4.65. The maximum atomic E-state index is 12.9. The third kappa shape index (κ3) is 7.22. The highest BCUT2D eigenvalue weighted by molar-refractivity contribution is 7.87. The van der Waals surface area contributed by atoms with E-state index in [4.69, 9.17) is 0 Å². The Hall–Kier alpha value is -2.04. The van der Waals surface area contributed by atoms with E-state index in [1.54, 1.807) is 0 Å². The van der Waals surface area contributed by atoms with Crippen LogP contribution in [0.5, 0.6) is 0 Å². The van der Waals surface area contributed by atoms with Crippen molar-refractivity contribution in [1.82, 2.24) is 0 Å². The summed E-state index contributed by atoms with van der Waals surface area (Å²) in [4.78, 5) is 25.9. The molecule has 0 saturated heterocycles. The topological polar surface area (TPSA) is 121 Å². The smallest absolute Gasteiger partial charge is 0.293 e. The predicted molar refractivity (Wildman–Crippen MR) is 98.4 cm³/mol. The van der Waals surface area contributed by atoms with Crippen LogP contribution in [0, 0.1) is 5.41 Å². The van der Waals surface area contributed by atoms with Gasteiger partial charge >= 0.3 is 12.4 Å². The molecular weight excluding hydrogens is 510 g/mol. The standard InChI is InChI=1S/C17H16F6O8S2/c18-16(19,20)9-30-32(26,27)7-5-15(6-8-33(28,29)31-10-17(21,22)23)13(24)11-3-1-2-4-12(11)14(15)25/h1-4H,5-10H2. The molecule has 33 heavy (non-hydrogen) atoms. The van der Waals surface area contributed by atoms with Crippen molar-refractivity contribution < 1.29 is 61.1 Å². The second kappa shape index (κ2) is 9.31. The maximum Gasteiger partial charge on any atom is 0.413 e. The predicted octanol–water partition coefficient (Wildman–Crippen LogP) is 2.65. The Bertz CT molecular complexity index is 1030. The van der Waals surface area contributed by atoms with Crippen LogP contribution in [-0.2, 0) is 28.6 Å². The van der Waals surface area contributed by atoms with Gasteiger partial charge in [0.2, 0.25) is 0 Å². The van der Waals surface area contributed by atoms with Crippen molar-refractivity contribution in [3.05, 3.63) is 35.4 Å². The number of ketones is 2. The summed E-state index contributed by atoms with van der Waals surface area (Å²) in [6.45, 7) is -4.33. The van der Waals surface area contributed by atoms with Gasteiger partial charge in [0.05, 0.1) is 16.9 Å². The number of hydrogen-bond acceptors (Lipinski definition) is 8. The van der Waals surface area contributed by atoms with Crippen LogP contribution in [0.4, 0.5) is 26.3 Å². The molecule has 0 spiro atoms. The quantitative estimate of drug-likeness (QED) is 0.259. The molecular formula is C17H16F6O8S2. The van der Waals surface area contributed by atoms with Gasteiger partial charge < -0.3 is 0 Å². The summed E-state index contributed by atoms with van der Waals surface area (Å²) in [6.07, 6.45) is -11.9. The van der Waals surface area contributed by atoms with Crippen molar-refractivity contribution >= 4 is 31.8 Å². The largest absolute Gasteiger partial charge is 0.413 e. The highest BCUT2D eigenvalue weighted by atomic mass is 32.2. The molecule has 1 aromatic carbocycles. The van der Waals surface area contributed by atoms with Crippen LogP contribution in [0.2, 0.25) is 0 Å². The van der Waals surface area contributed by atoms with Crippen LogP contribution < -0.4 is 0 Å². The first-order chi connectivity index (χ1) is 14.9. The number of hydrogen-bond donors (Lipinski definition) is 0. The Labute approximate surface area is 184 Å². The van der Waals surface area contributed by atoms with Crippen LogP contribution in [0.1, 0.15) is 33.6 Å². The van der Waals surface area contributed by atoms with Gasteiger partial charge in [-0.15, -0.1) is 0 Å². The van der Waals surface area contributed by atoms with Crippen molar-refractivity contribution in [2.24, 2.45) is 5.41 Å².